The van der Waals surface area contributed by atoms with Gasteiger partial charge in [0.25, 0.3) is 0 Å². The Bertz CT molecular complexity index is 997. The molecule has 9 heteroatoms. The molecule has 2 rings (SSSR count). The van der Waals surface area contributed by atoms with E-state index in [0.29, 0.717) is 11.1 Å². The molecule has 156 valence electrons. The van der Waals surface area contributed by atoms with Gasteiger partial charge in [0.1, 0.15) is 11.9 Å². The number of aliphatic carboxylic acids is 1. The van der Waals surface area contributed by atoms with Crippen molar-refractivity contribution in [1.82, 2.24) is 4.72 Å². The highest BCUT2D eigenvalue weighted by molar-refractivity contribution is 7.89. The van der Waals surface area contributed by atoms with Gasteiger partial charge in [0.15, 0.2) is 0 Å². The molecule has 0 aromatic heterocycles. The summed E-state index contributed by atoms with van der Waals surface area (Å²) in [4.78, 5) is 23.6. The van der Waals surface area contributed by atoms with E-state index in [4.69, 9.17) is 5.11 Å². The van der Waals surface area contributed by atoms with Gasteiger partial charge in [0, 0.05) is 12.1 Å². The van der Waals surface area contributed by atoms with Crippen LogP contribution in [-0.2, 0) is 19.6 Å². The molecule has 0 bridgehead atoms. The van der Waals surface area contributed by atoms with Crippen LogP contribution in [0.15, 0.2) is 41.3 Å². The van der Waals surface area contributed by atoms with Crippen molar-refractivity contribution >= 4 is 27.6 Å². The van der Waals surface area contributed by atoms with E-state index in [1.807, 2.05) is 6.92 Å². The number of benzene rings is 2. The number of carboxylic acids is 1. The Balaban J connectivity index is 2.30. The monoisotopic (exact) mass is 422 g/mol. The second kappa shape index (κ2) is 9.15. The summed E-state index contributed by atoms with van der Waals surface area (Å²) in [5.41, 5.74) is 2.20. The van der Waals surface area contributed by atoms with Crippen LogP contribution >= 0.6 is 0 Å². The largest absolute Gasteiger partial charge is 0.481 e. The number of nitrogens with one attached hydrogen (secondary N) is 2. The van der Waals surface area contributed by atoms with Crippen molar-refractivity contribution in [2.45, 2.75) is 44.6 Å². The van der Waals surface area contributed by atoms with Crippen LogP contribution in [0.2, 0.25) is 0 Å². The van der Waals surface area contributed by atoms with Crippen LogP contribution in [-0.4, -0.2) is 31.4 Å². The van der Waals surface area contributed by atoms with E-state index in [9.17, 15) is 22.4 Å². The van der Waals surface area contributed by atoms with Crippen LogP contribution in [0.1, 0.15) is 29.5 Å². The Morgan fingerprint density at radius 3 is 2.14 bits per heavy atom. The molecule has 0 fully saturated rings. The lowest BCUT2D eigenvalue weighted by Crippen LogP contribution is -2.44. The Labute approximate surface area is 169 Å². The minimum Gasteiger partial charge on any atom is -0.481 e. The Morgan fingerprint density at radius 2 is 1.62 bits per heavy atom. The van der Waals surface area contributed by atoms with E-state index in [0.717, 1.165) is 17.7 Å². The Kier molecular flexibility index (Phi) is 7.10. The number of sulfonamides is 1. The van der Waals surface area contributed by atoms with Crippen LogP contribution in [0, 0.1) is 26.6 Å². The molecule has 7 nitrogen and oxygen atoms in total. The average molecular weight is 422 g/mol. The number of hydrogen-bond acceptors (Lipinski definition) is 4. The van der Waals surface area contributed by atoms with Crippen molar-refractivity contribution in [3.8, 4) is 0 Å². The lowest BCUT2D eigenvalue weighted by Gasteiger charge is -2.20. The van der Waals surface area contributed by atoms with Gasteiger partial charge in [0.05, 0.1) is 4.90 Å². The standard InChI is InChI=1S/C20H23FN2O5S/c1-12-10-13(2)19(14(3)11-12)29(27,28)23-17(8-9-18(24)25)20(26)22-16-6-4-15(21)5-7-16/h4-7,10-11,17,23H,8-9H2,1-3H3,(H,22,26)(H,24,25)/t17-/m1/s1. The van der Waals surface area contributed by atoms with Gasteiger partial charge in [-0.1, -0.05) is 17.7 Å². The second-order valence-corrected chi connectivity index (χ2v) is 8.48. The fraction of sp³-hybridized carbons (Fsp3) is 0.300. The van der Waals surface area contributed by atoms with Gasteiger partial charge >= 0.3 is 5.97 Å². The zero-order valence-electron chi connectivity index (χ0n) is 16.3. The topological polar surface area (TPSA) is 113 Å². The highest BCUT2D eigenvalue weighted by atomic mass is 32.2. The maximum Gasteiger partial charge on any atom is 0.303 e. The van der Waals surface area contributed by atoms with Crippen molar-refractivity contribution in [2.24, 2.45) is 0 Å². The summed E-state index contributed by atoms with van der Waals surface area (Å²) >= 11 is 0. The van der Waals surface area contributed by atoms with Gasteiger partial charge < -0.3 is 10.4 Å². The third kappa shape index (κ3) is 6.10. The summed E-state index contributed by atoms with van der Waals surface area (Å²) in [5.74, 6) is -2.38. The normalized spacial score (nSPS) is 12.4. The first kappa shape index (κ1) is 22.5. The molecule has 0 saturated heterocycles. The highest BCUT2D eigenvalue weighted by Crippen LogP contribution is 2.22. The minimum absolute atomic E-state index is 0.0537. The summed E-state index contributed by atoms with van der Waals surface area (Å²) in [5, 5.41) is 11.4. The number of rotatable bonds is 8. The minimum atomic E-state index is -4.09. The van der Waals surface area contributed by atoms with Gasteiger partial charge in [-0.15, -0.1) is 0 Å². The summed E-state index contributed by atoms with van der Waals surface area (Å²) in [7, 11) is -4.09. The Morgan fingerprint density at radius 1 is 1.07 bits per heavy atom. The molecule has 0 spiro atoms. The lowest BCUT2D eigenvalue weighted by atomic mass is 10.1. The van der Waals surface area contributed by atoms with Crippen molar-refractivity contribution in [3.05, 3.63) is 58.9 Å². The fourth-order valence-corrected chi connectivity index (χ4v) is 4.79. The van der Waals surface area contributed by atoms with E-state index in [2.05, 4.69) is 10.0 Å². The predicted octanol–water partition coefficient (Wildman–Crippen LogP) is 2.90. The number of carbonyl (C=O) groups excluding carboxylic acids is 1. The van der Waals surface area contributed by atoms with Crippen molar-refractivity contribution in [3.63, 3.8) is 0 Å². The van der Waals surface area contributed by atoms with Crippen LogP contribution in [0.3, 0.4) is 0 Å². The van der Waals surface area contributed by atoms with Crippen LogP contribution < -0.4 is 10.0 Å². The average Bonchev–Trinajstić information content (AvgIpc) is 2.59. The third-order valence-corrected chi connectivity index (χ3v) is 6.02. The number of aryl methyl sites for hydroxylation is 3. The molecular weight excluding hydrogens is 399 g/mol. The molecular formula is C20H23FN2O5S. The summed E-state index contributed by atoms with van der Waals surface area (Å²) in [6, 6.07) is 7.05. The summed E-state index contributed by atoms with van der Waals surface area (Å²) in [6.45, 7) is 5.15. The molecule has 29 heavy (non-hydrogen) atoms. The number of carbonyl (C=O) groups is 2. The van der Waals surface area contributed by atoms with Crippen molar-refractivity contribution < 1.29 is 27.5 Å². The quantitative estimate of drug-likeness (QED) is 0.606. The number of halogens is 1. The molecule has 0 heterocycles. The van der Waals surface area contributed by atoms with Crippen molar-refractivity contribution in [1.29, 1.82) is 0 Å². The van der Waals surface area contributed by atoms with Crippen LogP contribution in [0.25, 0.3) is 0 Å². The van der Waals surface area contributed by atoms with Gasteiger partial charge in [-0.25, -0.2) is 12.8 Å². The first-order valence-electron chi connectivity index (χ1n) is 8.88. The van der Waals surface area contributed by atoms with E-state index in [-0.39, 0.29) is 17.0 Å². The van der Waals surface area contributed by atoms with Gasteiger partial charge in [0.2, 0.25) is 15.9 Å². The maximum atomic E-state index is 13.0. The van der Waals surface area contributed by atoms with E-state index < -0.39 is 40.2 Å². The molecule has 0 unspecified atom stereocenters. The van der Waals surface area contributed by atoms with E-state index in [1.54, 1.807) is 26.0 Å². The van der Waals surface area contributed by atoms with E-state index >= 15 is 0 Å². The molecule has 0 radical (unpaired) electrons. The molecule has 0 aliphatic heterocycles. The molecule has 2 aromatic carbocycles. The number of hydrogen-bond donors (Lipinski definition) is 3. The molecule has 1 atom stereocenters. The fourth-order valence-electron chi connectivity index (χ4n) is 3.11. The van der Waals surface area contributed by atoms with Crippen LogP contribution in [0.4, 0.5) is 10.1 Å². The summed E-state index contributed by atoms with van der Waals surface area (Å²) < 4.78 is 41.3. The molecule has 0 aliphatic rings. The molecule has 0 saturated carbocycles. The van der Waals surface area contributed by atoms with Crippen molar-refractivity contribution in [2.75, 3.05) is 5.32 Å². The molecule has 2 aromatic rings. The third-order valence-electron chi connectivity index (χ3n) is 4.25. The Hall–Kier alpha value is -2.78. The number of carboxylic acid groups (broad SMARTS) is 1. The summed E-state index contributed by atoms with van der Waals surface area (Å²) in [6.07, 6.45) is -0.651. The van der Waals surface area contributed by atoms with E-state index in [1.165, 1.54) is 12.1 Å². The zero-order chi connectivity index (χ0) is 21.8. The number of anilines is 1. The first-order chi connectivity index (χ1) is 13.5. The molecule has 1 amide bonds. The smallest absolute Gasteiger partial charge is 0.303 e. The second-order valence-electron chi connectivity index (χ2n) is 6.83. The first-order valence-corrected chi connectivity index (χ1v) is 10.4. The van der Waals surface area contributed by atoms with Gasteiger partial charge in [-0.05, 0) is 62.6 Å². The van der Waals surface area contributed by atoms with Gasteiger partial charge in [-0.3, -0.25) is 9.59 Å². The predicted molar refractivity (Wildman–Crippen MR) is 107 cm³/mol. The lowest BCUT2D eigenvalue weighted by molar-refractivity contribution is -0.137. The highest BCUT2D eigenvalue weighted by Gasteiger charge is 2.28. The molecule has 3 N–H and O–H groups in total. The maximum absolute atomic E-state index is 13.0. The molecule has 0 aliphatic carbocycles. The van der Waals surface area contributed by atoms with Gasteiger partial charge in [-0.2, -0.15) is 4.72 Å². The SMILES string of the molecule is Cc1cc(C)c(S(=O)(=O)N[C@H](CCC(=O)O)C(=O)Nc2ccc(F)cc2)c(C)c1. The van der Waals surface area contributed by atoms with Crippen LogP contribution in [0.5, 0.6) is 0 Å². The zero-order valence-corrected chi connectivity index (χ0v) is 17.1. The number of amides is 1.